The van der Waals surface area contributed by atoms with E-state index in [0.717, 1.165) is 14.7 Å². The van der Waals surface area contributed by atoms with Crippen LogP contribution < -0.4 is 70.4 Å². The number of hydrogen-bond acceptors (Lipinski definition) is 20. The molecule has 8 rings (SSSR count). The molecule has 0 aliphatic carbocycles. The standard InChI is InChI=1S/C87H126N20O18/c1-12-14-25-68-80(118)97-61(35-47(3)4)77(115)94-49(7)74(112)93-45-73(111)95-64(37-51-28-30-54(108)31-29-51)83(121)103(9)50(8)75(113)99-66(41-72(90)110)85(123)106-34-20-27-69(106)81(119)102-67(42-89)79(117)100-63(36-48(5)6)86(124)107-46-55(109)40-71(107)82(120)98-62(38-52-43-91-58-23-18-16-21-56(52)58)78(116)96-60(32-33-88)76(114)101-65(39-53-44-92-59-24-19-17-22-57(53)59)84(122)105(11)70(26-15-13-2)87(125)104(68)10/h16-19,21-24,28-31,43-44,47-50,55,60-71,91-92,108-109H,12-15,20,25-27,32-42,45-46,88-89H2,1-11H3,(H2,90,110)(H,93,112)(H,94,115)(H,95,111)(H,96,116)(H,97,118)(H,98,120)(H,99,113)(H,100,117)(H,101,114)(H,102,119)/t49-,50+,55-,60+,61+,62+,63+,64+,65+,66+,67+,68+,69?,70+,71+/m1/s1. The number of nitrogens with two attached hydrogens (primary N) is 3. The van der Waals surface area contributed by atoms with Gasteiger partial charge in [0, 0.05) is 101 Å². The largest absolute Gasteiger partial charge is 0.508 e. The van der Waals surface area contributed by atoms with Crippen LogP contribution in [0.25, 0.3) is 21.8 Å². The molecule has 3 fully saturated rings. The van der Waals surface area contributed by atoms with Crippen LogP contribution in [0.1, 0.15) is 156 Å². The van der Waals surface area contributed by atoms with E-state index >= 15 is 28.8 Å². The molecule has 0 spiro atoms. The Balaban J connectivity index is 1.16. The number of benzene rings is 3. The summed E-state index contributed by atoms with van der Waals surface area (Å²) in [6, 6.07) is -0.317. The van der Waals surface area contributed by atoms with Gasteiger partial charge in [0.25, 0.3) is 0 Å². The van der Waals surface area contributed by atoms with E-state index in [4.69, 9.17) is 17.2 Å². The van der Waals surface area contributed by atoms with Crippen LogP contribution in [-0.4, -0.2) is 284 Å². The zero-order valence-electron chi connectivity index (χ0n) is 73.1. The number of likely N-dealkylation sites (N-methyl/N-ethyl adjacent to an activating group) is 3. The highest BCUT2D eigenvalue weighted by molar-refractivity contribution is 6.02. The number of hydrogen-bond donors (Lipinski definition) is 17. The summed E-state index contributed by atoms with van der Waals surface area (Å²) in [6.45, 7) is 11.4. The number of primary amides is 1. The van der Waals surface area contributed by atoms with E-state index in [1.165, 1.54) is 69.1 Å². The number of carbonyl (C=O) groups excluding carboxylic acids is 16. The SMILES string of the molecule is CCCC[C@H]1C(=O)N(C)[C@@H](CCCC)C(=O)N[C@@H](CC(C)C)C(=O)N[C@H](C)C(=O)NCC(=O)N[C@@H](Cc2ccc(O)cc2)C(=O)N(C)[C@@H](C)C(=O)N[C@@H](CC(N)=O)C(=O)N2CCCC2C(=O)N[C@@H](CN)C(=O)N[C@@H](CC(C)C)C(=O)N2C[C@H](O)C[C@H]2C(=O)N[C@@H](Cc2c[nH]c3ccccc23)C(=O)N[C@@H](CCN)C(=O)N[C@@H](Cc2c[nH]c3ccccc23)C(=O)N1C. The molecule has 16 amide bonds. The number of aromatic hydroxyl groups is 1. The van der Waals surface area contributed by atoms with Crippen molar-refractivity contribution in [1.82, 2.24) is 87.6 Å². The van der Waals surface area contributed by atoms with Crippen molar-refractivity contribution in [3.63, 3.8) is 0 Å². The van der Waals surface area contributed by atoms with E-state index in [1.54, 1.807) is 70.4 Å². The summed E-state index contributed by atoms with van der Waals surface area (Å²) in [6.07, 6.45) is 2.28. The average molecular weight is 1740 g/mol. The molecule has 0 radical (unpaired) electrons. The Kier molecular flexibility index (Phi) is 36.3. The maximum atomic E-state index is 15.7. The number of rotatable bonds is 21. The molecule has 0 saturated carbocycles. The smallest absolute Gasteiger partial charge is 0.246 e. The number of aromatic amines is 2. The quantitative estimate of drug-likeness (QED) is 0.0419. The maximum Gasteiger partial charge on any atom is 0.246 e. The molecular formula is C87H126N20O18. The van der Waals surface area contributed by atoms with Gasteiger partial charge in [-0.2, -0.15) is 0 Å². The fraction of sp³-hybridized carbons (Fsp3) is 0.563. The maximum absolute atomic E-state index is 15.7. The van der Waals surface area contributed by atoms with E-state index in [2.05, 4.69) is 63.1 Å². The number of aliphatic hydroxyl groups is 1. The molecular weight excluding hydrogens is 1610 g/mol. The normalized spacial score (nSPS) is 26.0. The average Bonchev–Trinajstić information content (AvgIpc) is 1.69. The van der Waals surface area contributed by atoms with Crippen LogP contribution in [-0.2, 0) is 96.0 Å². The number of unbranched alkanes of at least 4 members (excludes halogenated alkanes) is 2. The lowest BCUT2D eigenvalue weighted by atomic mass is 9.99. The van der Waals surface area contributed by atoms with Gasteiger partial charge in [0.1, 0.15) is 90.3 Å². The highest BCUT2D eigenvalue weighted by Crippen LogP contribution is 2.28. The van der Waals surface area contributed by atoms with Crippen LogP contribution in [0.3, 0.4) is 0 Å². The third-order valence-corrected chi connectivity index (χ3v) is 23.2. The number of aliphatic hydroxyl groups excluding tert-OH is 1. The Morgan fingerprint density at radius 1 is 0.488 bits per heavy atom. The molecule has 682 valence electrons. The minimum Gasteiger partial charge on any atom is -0.508 e. The number of para-hydroxylation sites is 2. The summed E-state index contributed by atoms with van der Waals surface area (Å²) in [5.74, 6) is -14.8. The fourth-order valence-electron chi connectivity index (χ4n) is 16.0. The van der Waals surface area contributed by atoms with Crippen LogP contribution in [0.5, 0.6) is 5.75 Å². The number of carbonyl (C=O) groups is 16. The molecule has 0 bridgehead atoms. The topological polar surface area (TPSA) is 560 Å². The molecule has 3 aliphatic heterocycles. The first-order valence-corrected chi connectivity index (χ1v) is 43.0. The van der Waals surface area contributed by atoms with Crippen LogP contribution in [0.15, 0.2) is 85.2 Å². The fourth-order valence-corrected chi connectivity index (χ4v) is 16.0. The van der Waals surface area contributed by atoms with Gasteiger partial charge in [0.15, 0.2) is 0 Å². The second-order valence-electron chi connectivity index (χ2n) is 33.7. The summed E-state index contributed by atoms with van der Waals surface area (Å²) in [4.78, 5) is 247. The minimum absolute atomic E-state index is 0.00768. The predicted molar refractivity (Wildman–Crippen MR) is 463 cm³/mol. The van der Waals surface area contributed by atoms with Gasteiger partial charge in [-0.3, -0.25) is 76.7 Å². The van der Waals surface area contributed by atoms with Crippen LogP contribution in [0.4, 0.5) is 0 Å². The molecule has 5 heterocycles. The molecule has 3 aliphatic rings. The number of nitrogens with one attached hydrogen (secondary N) is 12. The van der Waals surface area contributed by atoms with Crippen molar-refractivity contribution in [2.45, 2.75) is 249 Å². The van der Waals surface area contributed by atoms with Crippen molar-refractivity contribution >= 4 is 116 Å². The van der Waals surface area contributed by atoms with Gasteiger partial charge in [-0.15, -0.1) is 0 Å². The molecule has 38 heteroatoms. The second kappa shape index (κ2) is 46.1. The third kappa shape index (κ3) is 26.5. The summed E-state index contributed by atoms with van der Waals surface area (Å²) >= 11 is 0. The molecule has 3 aromatic carbocycles. The summed E-state index contributed by atoms with van der Waals surface area (Å²) in [5, 5.41) is 49.6. The van der Waals surface area contributed by atoms with Gasteiger partial charge in [-0.25, -0.2) is 0 Å². The van der Waals surface area contributed by atoms with Crippen molar-refractivity contribution in [2.24, 2.45) is 29.0 Å². The molecule has 125 heavy (non-hydrogen) atoms. The summed E-state index contributed by atoms with van der Waals surface area (Å²) < 4.78 is 0. The molecule has 2 aromatic heterocycles. The first kappa shape index (κ1) is 98.4. The molecule has 3 saturated heterocycles. The number of H-pyrrole nitrogens is 2. The molecule has 15 atom stereocenters. The van der Waals surface area contributed by atoms with Crippen molar-refractivity contribution in [1.29, 1.82) is 0 Å². The Labute approximate surface area is 727 Å². The number of fused-ring (bicyclic) bond motifs is 4. The Morgan fingerprint density at radius 2 is 0.976 bits per heavy atom. The van der Waals surface area contributed by atoms with Crippen molar-refractivity contribution in [3.8, 4) is 5.75 Å². The third-order valence-electron chi connectivity index (χ3n) is 23.2. The number of phenolic OH excluding ortho intramolecular Hbond substituents is 1. The van der Waals surface area contributed by atoms with Crippen LogP contribution in [0, 0.1) is 11.8 Å². The number of amides is 16. The van der Waals surface area contributed by atoms with Gasteiger partial charge in [0.2, 0.25) is 94.5 Å². The van der Waals surface area contributed by atoms with Crippen molar-refractivity contribution in [3.05, 3.63) is 102 Å². The first-order valence-electron chi connectivity index (χ1n) is 43.0. The van der Waals surface area contributed by atoms with Crippen molar-refractivity contribution < 1.29 is 86.9 Å². The molecule has 1 unspecified atom stereocenters. The van der Waals surface area contributed by atoms with Gasteiger partial charge >= 0.3 is 0 Å². The Bertz CT molecular complexity index is 4670. The monoisotopic (exact) mass is 1740 g/mol. The highest BCUT2D eigenvalue weighted by atomic mass is 16.3. The molecule has 38 nitrogen and oxygen atoms in total. The zero-order chi connectivity index (χ0) is 91.8. The summed E-state index contributed by atoms with van der Waals surface area (Å²) in [5.41, 5.74) is 21.0. The Morgan fingerprint density at radius 3 is 1.57 bits per heavy atom. The van der Waals surface area contributed by atoms with Gasteiger partial charge in [-0.1, -0.05) is 116 Å². The number of nitrogens with zero attached hydrogens (tertiary/aromatic N) is 5. The van der Waals surface area contributed by atoms with Crippen molar-refractivity contribution in [2.75, 3.05) is 53.9 Å². The summed E-state index contributed by atoms with van der Waals surface area (Å²) in [7, 11) is 4.06. The second-order valence-corrected chi connectivity index (χ2v) is 33.7. The molecule has 20 N–H and O–H groups in total. The van der Waals surface area contributed by atoms with E-state index in [9.17, 15) is 58.2 Å². The lowest BCUT2D eigenvalue weighted by molar-refractivity contribution is -0.149. The van der Waals surface area contributed by atoms with E-state index < -0.39 is 211 Å². The van der Waals surface area contributed by atoms with E-state index in [1.807, 2.05) is 32.0 Å². The molecule has 5 aromatic rings. The van der Waals surface area contributed by atoms with Gasteiger partial charge in [-0.05, 0) is 118 Å². The minimum atomic E-state index is -1.74. The highest BCUT2D eigenvalue weighted by Gasteiger charge is 2.46. The van der Waals surface area contributed by atoms with Crippen LogP contribution in [0.2, 0.25) is 0 Å². The van der Waals surface area contributed by atoms with E-state index in [0.29, 0.717) is 64.2 Å². The number of aromatic nitrogens is 2. The lowest BCUT2D eigenvalue weighted by Crippen LogP contribution is -2.61. The predicted octanol–water partition coefficient (Wildman–Crippen LogP) is -0.995. The van der Waals surface area contributed by atoms with Gasteiger partial charge in [0.05, 0.1) is 19.1 Å². The zero-order valence-corrected chi connectivity index (χ0v) is 73.1. The first-order chi connectivity index (χ1) is 59.4. The Hall–Kier alpha value is -12.1. The lowest BCUT2D eigenvalue weighted by Gasteiger charge is -2.36. The van der Waals surface area contributed by atoms with Gasteiger partial charge < -0.3 is 115 Å². The van der Waals surface area contributed by atoms with E-state index in [-0.39, 0.29) is 101 Å². The number of phenols is 1. The van der Waals surface area contributed by atoms with Crippen LogP contribution >= 0.6 is 0 Å².